The van der Waals surface area contributed by atoms with Crippen molar-refractivity contribution >= 4 is 27.7 Å². The number of rotatable bonds is 3. The quantitative estimate of drug-likeness (QED) is 0.402. The van der Waals surface area contributed by atoms with E-state index >= 15 is 0 Å². The van der Waals surface area contributed by atoms with Crippen LogP contribution in [0.1, 0.15) is 21.5 Å². The van der Waals surface area contributed by atoms with Crippen LogP contribution >= 0.6 is 0 Å². The Kier molecular flexibility index (Phi) is 4.01. The molecule has 4 heteroatoms. The van der Waals surface area contributed by atoms with Crippen LogP contribution in [-0.2, 0) is 11.3 Å². The Hall–Kier alpha value is -3.40. The normalized spacial score (nSPS) is 11.0. The first-order valence-electron chi connectivity index (χ1n) is 8.30. The molecule has 0 saturated heterocycles. The van der Waals surface area contributed by atoms with Gasteiger partial charge in [0.05, 0.1) is 5.56 Å². The molecule has 128 valence electrons. The highest BCUT2D eigenvalue weighted by Gasteiger charge is 2.13. The van der Waals surface area contributed by atoms with E-state index in [1.165, 1.54) is 6.07 Å². The first-order chi connectivity index (χ1) is 12.6. The molecule has 0 saturated carbocycles. The molecule has 0 aliphatic rings. The summed E-state index contributed by atoms with van der Waals surface area (Å²) in [4.78, 5) is 24.4. The third-order valence-electron chi connectivity index (χ3n) is 4.35. The molecule has 1 heterocycles. The van der Waals surface area contributed by atoms with Crippen molar-refractivity contribution in [2.75, 3.05) is 0 Å². The lowest BCUT2D eigenvalue weighted by molar-refractivity contribution is 0.0476. The number of fused-ring (bicyclic) bond motifs is 2. The van der Waals surface area contributed by atoms with Gasteiger partial charge in [-0.15, -0.1) is 0 Å². The zero-order valence-corrected chi connectivity index (χ0v) is 14.2. The van der Waals surface area contributed by atoms with Crippen molar-refractivity contribution in [2.45, 2.75) is 13.5 Å². The first kappa shape index (κ1) is 16.1. The molecule has 4 rings (SSSR count). The summed E-state index contributed by atoms with van der Waals surface area (Å²) < 4.78 is 10.7. The maximum Gasteiger partial charge on any atom is 0.339 e. The van der Waals surface area contributed by atoms with E-state index in [9.17, 15) is 9.59 Å². The van der Waals surface area contributed by atoms with Gasteiger partial charge >= 0.3 is 11.6 Å². The van der Waals surface area contributed by atoms with Gasteiger partial charge in [-0.25, -0.2) is 9.59 Å². The standard InChI is InChI=1S/C22H16O4/c1-14-9-10-18-16(12-21(23)26-20(18)11-14)13-25-22(24)19-8-4-6-15-5-2-3-7-17(15)19/h2-12H,13H2,1H3. The van der Waals surface area contributed by atoms with Crippen molar-refractivity contribution < 1.29 is 13.9 Å². The van der Waals surface area contributed by atoms with E-state index in [4.69, 9.17) is 9.15 Å². The summed E-state index contributed by atoms with van der Waals surface area (Å²) in [5.41, 5.74) is 2.16. The molecule has 0 atom stereocenters. The number of hydrogen-bond donors (Lipinski definition) is 0. The molecule has 4 aromatic rings. The lowest BCUT2D eigenvalue weighted by atomic mass is 10.0. The van der Waals surface area contributed by atoms with Gasteiger partial charge in [-0.2, -0.15) is 0 Å². The van der Waals surface area contributed by atoms with Gasteiger partial charge in [0.1, 0.15) is 12.2 Å². The van der Waals surface area contributed by atoms with Crippen molar-refractivity contribution in [2.24, 2.45) is 0 Å². The zero-order chi connectivity index (χ0) is 18.1. The largest absolute Gasteiger partial charge is 0.457 e. The van der Waals surface area contributed by atoms with Gasteiger partial charge in [-0.1, -0.05) is 48.5 Å². The number of esters is 1. The van der Waals surface area contributed by atoms with E-state index in [-0.39, 0.29) is 6.61 Å². The van der Waals surface area contributed by atoms with E-state index in [0.717, 1.165) is 21.7 Å². The molecule has 3 aromatic carbocycles. The Bertz CT molecular complexity index is 1180. The summed E-state index contributed by atoms with van der Waals surface area (Å²) >= 11 is 0. The Balaban J connectivity index is 1.66. The van der Waals surface area contributed by atoms with Gasteiger partial charge in [0.25, 0.3) is 0 Å². The molecule has 0 N–H and O–H groups in total. The highest BCUT2D eigenvalue weighted by Crippen LogP contribution is 2.22. The predicted molar refractivity (Wildman–Crippen MR) is 100 cm³/mol. The topological polar surface area (TPSA) is 56.5 Å². The van der Waals surface area contributed by atoms with Crippen molar-refractivity contribution in [3.63, 3.8) is 0 Å². The zero-order valence-electron chi connectivity index (χ0n) is 14.2. The molecule has 0 fully saturated rings. The second kappa shape index (κ2) is 6.48. The maximum absolute atomic E-state index is 12.6. The number of ether oxygens (including phenoxy) is 1. The minimum absolute atomic E-state index is 0.00716. The van der Waals surface area contributed by atoms with Crippen LogP contribution in [0, 0.1) is 6.92 Å². The Labute approximate surface area is 149 Å². The number of hydrogen-bond acceptors (Lipinski definition) is 4. The van der Waals surface area contributed by atoms with Crippen LogP contribution in [0.3, 0.4) is 0 Å². The predicted octanol–water partition coefficient (Wildman–Crippen LogP) is 4.61. The van der Waals surface area contributed by atoms with Crippen LogP contribution in [0.15, 0.2) is 75.9 Å². The lowest BCUT2D eigenvalue weighted by Gasteiger charge is -2.09. The van der Waals surface area contributed by atoms with Crippen LogP contribution < -0.4 is 5.63 Å². The molecule has 0 radical (unpaired) electrons. The third kappa shape index (κ3) is 2.97. The van der Waals surface area contributed by atoms with Gasteiger partial charge in [0, 0.05) is 17.0 Å². The van der Waals surface area contributed by atoms with E-state index in [1.54, 1.807) is 12.1 Å². The second-order valence-corrected chi connectivity index (χ2v) is 6.19. The van der Waals surface area contributed by atoms with E-state index in [0.29, 0.717) is 16.7 Å². The first-order valence-corrected chi connectivity index (χ1v) is 8.30. The van der Waals surface area contributed by atoms with Crippen molar-refractivity contribution in [1.29, 1.82) is 0 Å². The van der Waals surface area contributed by atoms with Crippen LogP contribution in [0.2, 0.25) is 0 Å². The van der Waals surface area contributed by atoms with Crippen LogP contribution in [0.25, 0.3) is 21.7 Å². The number of carbonyl (C=O) groups is 1. The van der Waals surface area contributed by atoms with Crippen LogP contribution in [0.5, 0.6) is 0 Å². The summed E-state index contributed by atoms with van der Waals surface area (Å²) in [6.45, 7) is 1.93. The lowest BCUT2D eigenvalue weighted by Crippen LogP contribution is -2.08. The minimum atomic E-state index is -0.459. The average molecular weight is 344 g/mol. The molecule has 4 nitrogen and oxygen atoms in total. The molecule has 0 bridgehead atoms. The summed E-state index contributed by atoms with van der Waals surface area (Å²) in [7, 11) is 0. The Morgan fingerprint density at radius 2 is 1.77 bits per heavy atom. The van der Waals surface area contributed by atoms with Crippen molar-refractivity contribution in [1.82, 2.24) is 0 Å². The van der Waals surface area contributed by atoms with Gasteiger partial charge in [0.15, 0.2) is 0 Å². The monoisotopic (exact) mass is 344 g/mol. The fraction of sp³-hybridized carbons (Fsp3) is 0.0909. The maximum atomic E-state index is 12.6. The number of aryl methyl sites for hydroxylation is 1. The number of benzene rings is 3. The molecule has 0 aliphatic heterocycles. The smallest absolute Gasteiger partial charge is 0.339 e. The van der Waals surface area contributed by atoms with Crippen molar-refractivity contribution in [3.05, 3.63) is 93.8 Å². The SMILES string of the molecule is Cc1ccc2c(COC(=O)c3cccc4ccccc34)cc(=O)oc2c1. The van der Waals surface area contributed by atoms with Crippen LogP contribution in [0.4, 0.5) is 0 Å². The van der Waals surface area contributed by atoms with Gasteiger partial charge in [-0.3, -0.25) is 0 Å². The fourth-order valence-electron chi connectivity index (χ4n) is 3.08. The average Bonchev–Trinajstić information content (AvgIpc) is 2.64. The second-order valence-electron chi connectivity index (χ2n) is 6.19. The van der Waals surface area contributed by atoms with Gasteiger partial charge < -0.3 is 9.15 Å². The van der Waals surface area contributed by atoms with Crippen LogP contribution in [-0.4, -0.2) is 5.97 Å². The molecular weight excluding hydrogens is 328 g/mol. The van der Waals surface area contributed by atoms with Gasteiger partial charge in [0.2, 0.25) is 0 Å². The highest BCUT2D eigenvalue weighted by molar-refractivity contribution is 6.04. The van der Waals surface area contributed by atoms with E-state index in [1.807, 2.05) is 55.5 Å². The van der Waals surface area contributed by atoms with E-state index < -0.39 is 11.6 Å². The molecule has 0 aliphatic carbocycles. The minimum Gasteiger partial charge on any atom is -0.457 e. The molecule has 1 aromatic heterocycles. The summed E-state index contributed by atoms with van der Waals surface area (Å²) in [5.74, 6) is -0.421. The Morgan fingerprint density at radius 3 is 2.65 bits per heavy atom. The molecule has 26 heavy (non-hydrogen) atoms. The molecule has 0 unspecified atom stereocenters. The fourth-order valence-corrected chi connectivity index (χ4v) is 3.08. The number of carbonyl (C=O) groups excluding carboxylic acids is 1. The summed E-state index contributed by atoms with van der Waals surface area (Å²) in [6.07, 6.45) is 0. The molecular formula is C22H16O4. The van der Waals surface area contributed by atoms with E-state index in [2.05, 4.69) is 0 Å². The Morgan fingerprint density at radius 1 is 0.962 bits per heavy atom. The highest BCUT2D eigenvalue weighted by atomic mass is 16.5. The summed E-state index contributed by atoms with van der Waals surface area (Å²) in [5, 5.41) is 2.58. The molecule has 0 amide bonds. The third-order valence-corrected chi connectivity index (χ3v) is 4.35. The summed E-state index contributed by atoms with van der Waals surface area (Å²) in [6, 6.07) is 20.1. The molecule has 0 spiro atoms. The van der Waals surface area contributed by atoms with Crippen molar-refractivity contribution in [3.8, 4) is 0 Å². The van der Waals surface area contributed by atoms with Gasteiger partial charge in [-0.05, 0) is 35.4 Å².